The fraction of sp³-hybridized carbons (Fsp3) is 0.136. The largest absolute Gasteiger partial charge is 0.416 e. The van der Waals surface area contributed by atoms with Crippen LogP contribution in [0.1, 0.15) is 17.0 Å². The predicted octanol–water partition coefficient (Wildman–Crippen LogP) is 4.95. The van der Waals surface area contributed by atoms with Crippen molar-refractivity contribution in [1.29, 1.82) is 0 Å². The smallest absolute Gasteiger partial charge is 0.337 e. The van der Waals surface area contributed by atoms with Gasteiger partial charge in [-0.3, -0.25) is 0 Å². The molecule has 0 fully saturated rings. The molecule has 5 aromatic rings. The van der Waals surface area contributed by atoms with Crippen molar-refractivity contribution in [2.45, 2.75) is 23.5 Å². The molecular formula is C22H14ClF3N6O2S. The molecule has 0 aliphatic heterocycles. The summed E-state index contributed by atoms with van der Waals surface area (Å²) in [6.07, 6.45) is -1.50. The van der Waals surface area contributed by atoms with E-state index < -0.39 is 17.4 Å². The summed E-state index contributed by atoms with van der Waals surface area (Å²) in [5.41, 5.74) is 0.248. The Bertz CT molecular complexity index is 1560. The Morgan fingerprint density at radius 1 is 1.11 bits per heavy atom. The molecular weight excluding hydrogens is 505 g/mol. The second kappa shape index (κ2) is 9.19. The Hall–Kier alpha value is -3.64. The van der Waals surface area contributed by atoms with Crippen LogP contribution in [-0.4, -0.2) is 29.3 Å². The topological polar surface area (TPSA) is 91.1 Å². The van der Waals surface area contributed by atoms with E-state index in [1.165, 1.54) is 40.7 Å². The van der Waals surface area contributed by atoms with Gasteiger partial charge in [0.2, 0.25) is 11.7 Å². The molecule has 2 aromatic carbocycles. The number of fused-ring (bicyclic) bond motifs is 1. The van der Waals surface area contributed by atoms with Gasteiger partial charge in [-0.15, -0.1) is 5.10 Å². The van der Waals surface area contributed by atoms with E-state index in [0.717, 1.165) is 22.4 Å². The molecule has 3 heterocycles. The Morgan fingerprint density at radius 3 is 2.69 bits per heavy atom. The molecule has 3 aromatic heterocycles. The maximum atomic E-state index is 13.0. The van der Waals surface area contributed by atoms with Crippen LogP contribution < -0.4 is 5.69 Å². The van der Waals surface area contributed by atoms with Crippen LogP contribution in [0.4, 0.5) is 13.2 Å². The van der Waals surface area contributed by atoms with Gasteiger partial charge in [0.25, 0.3) is 0 Å². The Balaban J connectivity index is 1.38. The highest BCUT2D eigenvalue weighted by atomic mass is 35.5. The maximum Gasteiger partial charge on any atom is 0.416 e. The molecule has 0 aliphatic carbocycles. The third kappa shape index (κ3) is 4.93. The van der Waals surface area contributed by atoms with Crippen LogP contribution in [-0.2, 0) is 18.5 Å². The lowest BCUT2D eigenvalue weighted by molar-refractivity contribution is -0.137. The lowest BCUT2D eigenvalue weighted by Gasteiger charge is -2.06. The van der Waals surface area contributed by atoms with Gasteiger partial charge >= 0.3 is 11.9 Å². The van der Waals surface area contributed by atoms with Gasteiger partial charge in [-0.1, -0.05) is 52.8 Å². The first kappa shape index (κ1) is 23.1. The summed E-state index contributed by atoms with van der Waals surface area (Å²) in [7, 11) is 0. The average Bonchev–Trinajstić information content (AvgIpc) is 3.44. The lowest BCUT2D eigenvalue weighted by Crippen LogP contribution is -2.21. The quantitative estimate of drug-likeness (QED) is 0.294. The van der Waals surface area contributed by atoms with Gasteiger partial charge in [-0.05, 0) is 29.8 Å². The van der Waals surface area contributed by atoms with Gasteiger partial charge < -0.3 is 4.52 Å². The molecule has 0 aliphatic rings. The fourth-order valence-corrected chi connectivity index (χ4v) is 4.29. The Morgan fingerprint density at radius 2 is 1.91 bits per heavy atom. The van der Waals surface area contributed by atoms with Gasteiger partial charge in [0, 0.05) is 28.7 Å². The summed E-state index contributed by atoms with van der Waals surface area (Å²) < 4.78 is 46.6. The highest BCUT2D eigenvalue weighted by Gasteiger charge is 2.30. The van der Waals surface area contributed by atoms with Crippen LogP contribution in [0.2, 0.25) is 5.02 Å². The van der Waals surface area contributed by atoms with Gasteiger partial charge in [0.15, 0.2) is 5.65 Å². The third-order valence-corrected chi connectivity index (χ3v) is 6.25. The zero-order valence-corrected chi connectivity index (χ0v) is 19.2. The molecule has 0 N–H and O–H groups in total. The van der Waals surface area contributed by atoms with Gasteiger partial charge in [-0.25, -0.2) is 18.9 Å². The molecule has 0 spiro atoms. The van der Waals surface area contributed by atoms with Crippen molar-refractivity contribution in [3.8, 4) is 11.4 Å². The van der Waals surface area contributed by atoms with E-state index in [2.05, 4.69) is 20.2 Å². The van der Waals surface area contributed by atoms with E-state index in [4.69, 9.17) is 16.1 Å². The zero-order chi connectivity index (χ0) is 24.6. The number of hydrogen-bond acceptors (Lipinski definition) is 7. The summed E-state index contributed by atoms with van der Waals surface area (Å²) in [6, 6.07) is 12.0. The summed E-state index contributed by atoms with van der Waals surface area (Å²) in [5, 5.41) is 9.29. The van der Waals surface area contributed by atoms with Crippen molar-refractivity contribution in [1.82, 2.24) is 29.3 Å². The van der Waals surface area contributed by atoms with Crippen LogP contribution >= 0.6 is 23.4 Å². The number of hydrogen-bond donors (Lipinski definition) is 0. The minimum absolute atomic E-state index is 0.0197. The molecule has 13 heteroatoms. The van der Waals surface area contributed by atoms with Crippen LogP contribution in [0.25, 0.3) is 17.0 Å². The number of benzene rings is 2. The highest BCUT2D eigenvalue weighted by molar-refractivity contribution is 7.98. The molecule has 0 saturated heterocycles. The fourth-order valence-electron chi connectivity index (χ4n) is 3.26. The third-order valence-electron chi connectivity index (χ3n) is 4.96. The first-order valence-electron chi connectivity index (χ1n) is 10.1. The molecule has 35 heavy (non-hydrogen) atoms. The van der Waals surface area contributed by atoms with Gasteiger partial charge in [0.1, 0.15) is 11.6 Å². The van der Waals surface area contributed by atoms with Crippen molar-refractivity contribution in [2.75, 3.05) is 0 Å². The predicted molar refractivity (Wildman–Crippen MR) is 122 cm³/mol. The van der Waals surface area contributed by atoms with Crippen LogP contribution in [0.3, 0.4) is 0 Å². The number of rotatable bonds is 6. The average molecular weight is 519 g/mol. The van der Waals surface area contributed by atoms with Gasteiger partial charge in [-0.2, -0.15) is 18.2 Å². The second-order valence-corrected chi connectivity index (χ2v) is 8.77. The first-order valence-corrected chi connectivity index (χ1v) is 11.5. The summed E-state index contributed by atoms with van der Waals surface area (Å²) in [5.74, 6) is 0.588. The standard InChI is InChI=1S/C22H14ClF3N6O2S/c23-16-6-4-13(5-7-16)12-35-20-19-29-32(21(33)31(19)9-8-27-20)11-17-28-18(30-34-17)14-2-1-3-15(10-14)22(24,25)26/h1-10H,11-12H2. The molecule has 8 nitrogen and oxygen atoms in total. The van der Waals surface area contributed by atoms with Crippen LogP contribution in [0, 0.1) is 0 Å². The molecule has 0 amide bonds. The Labute approximate surface area is 204 Å². The van der Waals surface area contributed by atoms with Crippen LogP contribution in [0.15, 0.2) is 75.3 Å². The molecule has 178 valence electrons. The van der Waals surface area contributed by atoms with E-state index in [1.54, 1.807) is 12.1 Å². The van der Waals surface area contributed by atoms with Crippen molar-refractivity contribution in [3.63, 3.8) is 0 Å². The lowest BCUT2D eigenvalue weighted by atomic mass is 10.1. The Kier molecular flexibility index (Phi) is 6.07. The number of halogens is 4. The van der Waals surface area contributed by atoms with Crippen molar-refractivity contribution in [2.24, 2.45) is 0 Å². The minimum Gasteiger partial charge on any atom is -0.337 e. The van der Waals surface area contributed by atoms with E-state index >= 15 is 0 Å². The molecule has 0 atom stereocenters. The van der Waals surface area contributed by atoms with Crippen molar-refractivity contribution >= 4 is 29.0 Å². The van der Waals surface area contributed by atoms with Crippen molar-refractivity contribution < 1.29 is 17.7 Å². The van der Waals surface area contributed by atoms with Crippen LogP contribution in [0.5, 0.6) is 0 Å². The van der Waals surface area contributed by atoms with E-state index in [9.17, 15) is 18.0 Å². The summed E-state index contributed by atoms with van der Waals surface area (Å²) >= 11 is 7.33. The number of alkyl halides is 3. The van der Waals surface area contributed by atoms with E-state index in [0.29, 0.717) is 21.4 Å². The molecule has 0 bridgehead atoms. The molecule has 0 saturated carbocycles. The monoisotopic (exact) mass is 518 g/mol. The van der Waals surface area contributed by atoms with E-state index in [-0.39, 0.29) is 23.8 Å². The van der Waals surface area contributed by atoms with Crippen molar-refractivity contribution in [3.05, 3.63) is 93.4 Å². The maximum absolute atomic E-state index is 13.0. The normalized spacial score (nSPS) is 11.9. The molecule has 5 rings (SSSR count). The van der Waals surface area contributed by atoms with Gasteiger partial charge in [0.05, 0.1) is 5.56 Å². The van der Waals surface area contributed by atoms with E-state index in [1.807, 2.05) is 12.1 Å². The summed E-state index contributed by atoms with van der Waals surface area (Å²) in [6.45, 7) is -0.159. The SMILES string of the molecule is O=c1n(Cc2nc(-c3cccc(C(F)(F)F)c3)no2)nc2c(SCc3ccc(Cl)cc3)nccn12. The molecule has 0 radical (unpaired) electrons. The zero-order valence-electron chi connectivity index (χ0n) is 17.6. The first-order chi connectivity index (χ1) is 16.8. The number of thioether (sulfide) groups is 1. The highest BCUT2D eigenvalue weighted by Crippen LogP contribution is 2.31. The number of aromatic nitrogens is 6. The second-order valence-electron chi connectivity index (χ2n) is 7.37. The number of nitrogens with zero attached hydrogens (tertiary/aromatic N) is 6. The summed E-state index contributed by atoms with van der Waals surface area (Å²) in [4.78, 5) is 21.3. The molecule has 0 unspecified atom stereocenters. The minimum atomic E-state index is -4.50.